The number of nitrogens with one attached hydrogen (secondary N) is 2. The van der Waals surface area contributed by atoms with Gasteiger partial charge in [0, 0.05) is 17.9 Å². The summed E-state index contributed by atoms with van der Waals surface area (Å²) in [7, 11) is 0. The van der Waals surface area contributed by atoms with Crippen molar-refractivity contribution in [2.75, 3.05) is 5.32 Å². The van der Waals surface area contributed by atoms with Crippen LogP contribution < -0.4 is 10.6 Å². The SMILES string of the molecule is CC(C)NC(=O)c1cnc(Cl)nc1Nc1ccccc1. The first-order valence-electron chi connectivity index (χ1n) is 6.21. The van der Waals surface area contributed by atoms with E-state index >= 15 is 0 Å². The molecule has 0 saturated heterocycles. The first-order chi connectivity index (χ1) is 9.56. The zero-order valence-corrected chi connectivity index (χ0v) is 12.0. The van der Waals surface area contributed by atoms with Gasteiger partial charge in [0.2, 0.25) is 5.28 Å². The molecule has 0 radical (unpaired) electrons. The number of carbonyl (C=O) groups is 1. The number of halogens is 1. The summed E-state index contributed by atoms with van der Waals surface area (Å²) in [5, 5.41) is 5.96. The van der Waals surface area contributed by atoms with Crippen LogP contribution in [-0.2, 0) is 0 Å². The van der Waals surface area contributed by atoms with E-state index in [4.69, 9.17) is 11.6 Å². The molecule has 5 nitrogen and oxygen atoms in total. The molecule has 104 valence electrons. The fraction of sp³-hybridized carbons (Fsp3) is 0.214. The van der Waals surface area contributed by atoms with Gasteiger partial charge < -0.3 is 10.6 Å². The summed E-state index contributed by atoms with van der Waals surface area (Å²) in [4.78, 5) is 20.0. The number of hydrogen-bond donors (Lipinski definition) is 2. The van der Waals surface area contributed by atoms with Crippen molar-refractivity contribution in [2.24, 2.45) is 0 Å². The molecule has 0 aliphatic heterocycles. The molecule has 1 aromatic heterocycles. The Kier molecular flexibility index (Phi) is 4.53. The zero-order chi connectivity index (χ0) is 14.5. The summed E-state index contributed by atoms with van der Waals surface area (Å²) in [6.07, 6.45) is 1.42. The monoisotopic (exact) mass is 290 g/mol. The minimum atomic E-state index is -0.241. The van der Waals surface area contributed by atoms with Gasteiger partial charge in [-0.2, -0.15) is 4.98 Å². The smallest absolute Gasteiger partial charge is 0.256 e. The maximum Gasteiger partial charge on any atom is 0.256 e. The van der Waals surface area contributed by atoms with Crippen LogP contribution in [-0.4, -0.2) is 21.9 Å². The lowest BCUT2D eigenvalue weighted by Gasteiger charge is -2.12. The molecule has 1 amide bonds. The van der Waals surface area contributed by atoms with Gasteiger partial charge in [0.15, 0.2) is 0 Å². The van der Waals surface area contributed by atoms with Crippen molar-refractivity contribution in [1.82, 2.24) is 15.3 Å². The van der Waals surface area contributed by atoms with Crippen molar-refractivity contribution in [3.8, 4) is 0 Å². The second-order valence-corrected chi connectivity index (χ2v) is 4.86. The molecule has 2 rings (SSSR count). The van der Waals surface area contributed by atoms with Crippen molar-refractivity contribution in [2.45, 2.75) is 19.9 Å². The quantitative estimate of drug-likeness (QED) is 0.850. The molecule has 20 heavy (non-hydrogen) atoms. The van der Waals surface area contributed by atoms with Crippen LogP contribution in [0.3, 0.4) is 0 Å². The van der Waals surface area contributed by atoms with Gasteiger partial charge in [-0.25, -0.2) is 4.98 Å². The van der Waals surface area contributed by atoms with Crippen LogP contribution in [0.4, 0.5) is 11.5 Å². The molecule has 2 aromatic rings. The van der Waals surface area contributed by atoms with Gasteiger partial charge in [0.05, 0.1) is 0 Å². The van der Waals surface area contributed by atoms with E-state index in [1.807, 2.05) is 44.2 Å². The minimum absolute atomic E-state index is 0.0303. The third-order valence-corrected chi connectivity index (χ3v) is 2.64. The second kappa shape index (κ2) is 6.34. The molecule has 0 saturated carbocycles. The van der Waals surface area contributed by atoms with Gasteiger partial charge in [-0.1, -0.05) is 18.2 Å². The Labute approximate surface area is 122 Å². The first kappa shape index (κ1) is 14.3. The predicted molar refractivity (Wildman–Crippen MR) is 79.4 cm³/mol. The number of aromatic nitrogens is 2. The van der Waals surface area contributed by atoms with Crippen LogP contribution in [0, 0.1) is 0 Å². The largest absolute Gasteiger partial charge is 0.350 e. The number of hydrogen-bond acceptors (Lipinski definition) is 4. The van der Waals surface area contributed by atoms with E-state index in [0.717, 1.165) is 5.69 Å². The topological polar surface area (TPSA) is 66.9 Å². The molecule has 0 atom stereocenters. The van der Waals surface area contributed by atoms with Crippen LogP contribution in [0.2, 0.25) is 5.28 Å². The van der Waals surface area contributed by atoms with Crippen LogP contribution in [0.25, 0.3) is 0 Å². The standard InChI is InChI=1S/C14H15ClN4O/c1-9(2)17-13(20)11-8-16-14(15)19-12(11)18-10-6-4-3-5-7-10/h3-9H,1-2H3,(H,17,20)(H,16,18,19). The predicted octanol–water partition coefficient (Wildman–Crippen LogP) is 3.01. The van der Waals surface area contributed by atoms with Gasteiger partial charge in [-0.3, -0.25) is 4.79 Å². The van der Waals surface area contributed by atoms with Crippen molar-refractivity contribution in [1.29, 1.82) is 0 Å². The lowest BCUT2D eigenvalue weighted by atomic mass is 10.2. The average Bonchev–Trinajstić information content (AvgIpc) is 2.39. The van der Waals surface area contributed by atoms with E-state index in [-0.39, 0.29) is 17.2 Å². The number of anilines is 2. The van der Waals surface area contributed by atoms with Crippen molar-refractivity contribution < 1.29 is 4.79 Å². The molecule has 0 bridgehead atoms. The van der Waals surface area contributed by atoms with E-state index in [9.17, 15) is 4.79 Å². The molecule has 0 spiro atoms. The number of amides is 1. The fourth-order valence-electron chi connectivity index (χ4n) is 1.62. The Hall–Kier alpha value is -2.14. The Morgan fingerprint density at radius 1 is 1.25 bits per heavy atom. The highest BCUT2D eigenvalue weighted by atomic mass is 35.5. The molecule has 1 aromatic carbocycles. The summed E-state index contributed by atoms with van der Waals surface area (Å²) in [5.41, 5.74) is 1.17. The summed E-state index contributed by atoms with van der Waals surface area (Å²) >= 11 is 5.80. The Balaban J connectivity index is 2.31. The Morgan fingerprint density at radius 2 is 1.95 bits per heavy atom. The zero-order valence-electron chi connectivity index (χ0n) is 11.2. The van der Waals surface area contributed by atoms with Crippen molar-refractivity contribution in [3.05, 3.63) is 47.4 Å². The highest BCUT2D eigenvalue weighted by Crippen LogP contribution is 2.19. The number of para-hydroxylation sites is 1. The molecule has 6 heteroatoms. The van der Waals surface area contributed by atoms with Gasteiger partial charge in [-0.15, -0.1) is 0 Å². The van der Waals surface area contributed by atoms with Crippen LogP contribution in [0.15, 0.2) is 36.5 Å². The van der Waals surface area contributed by atoms with Crippen molar-refractivity contribution >= 4 is 29.0 Å². The maximum atomic E-state index is 12.1. The second-order valence-electron chi connectivity index (χ2n) is 4.52. The number of nitrogens with zero attached hydrogens (tertiary/aromatic N) is 2. The van der Waals surface area contributed by atoms with E-state index < -0.39 is 0 Å². The van der Waals surface area contributed by atoms with Gasteiger partial charge >= 0.3 is 0 Å². The summed E-state index contributed by atoms with van der Waals surface area (Å²) in [6.45, 7) is 3.78. The summed E-state index contributed by atoms with van der Waals surface area (Å²) in [5.74, 6) is 0.143. The molecule has 2 N–H and O–H groups in total. The normalized spacial score (nSPS) is 10.4. The molecule has 1 heterocycles. The molecule has 0 unspecified atom stereocenters. The highest BCUT2D eigenvalue weighted by Gasteiger charge is 2.15. The van der Waals surface area contributed by atoms with E-state index in [2.05, 4.69) is 20.6 Å². The lowest BCUT2D eigenvalue weighted by Crippen LogP contribution is -2.30. The fourth-order valence-corrected chi connectivity index (χ4v) is 1.75. The highest BCUT2D eigenvalue weighted by molar-refractivity contribution is 6.28. The van der Waals surface area contributed by atoms with Gasteiger partial charge in [-0.05, 0) is 37.6 Å². The number of carbonyl (C=O) groups excluding carboxylic acids is 1. The lowest BCUT2D eigenvalue weighted by molar-refractivity contribution is 0.0943. The third kappa shape index (κ3) is 3.68. The van der Waals surface area contributed by atoms with Crippen molar-refractivity contribution in [3.63, 3.8) is 0 Å². The van der Waals surface area contributed by atoms with E-state index in [0.29, 0.717) is 11.4 Å². The first-order valence-corrected chi connectivity index (χ1v) is 6.59. The Morgan fingerprint density at radius 3 is 2.60 bits per heavy atom. The maximum absolute atomic E-state index is 12.1. The summed E-state index contributed by atoms with van der Waals surface area (Å²) < 4.78 is 0. The van der Waals surface area contributed by atoms with E-state index in [1.54, 1.807) is 0 Å². The molecular formula is C14H15ClN4O. The number of rotatable bonds is 4. The van der Waals surface area contributed by atoms with Crippen LogP contribution in [0.5, 0.6) is 0 Å². The molecule has 0 fully saturated rings. The molecule has 0 aliphatic rings. The van der Waals surface area contributed by atoms with Gasteiger partial charge in [0.25, 0.3) is 5.91 Å². The minimum Gasteiger partial charge on any atom is -0.350 e. The molecular weight excluding hydrogens is 276 g/mol. The van der Waals surface area contributed by atoms with Crippen LogP contribution >= 0.6 is 11.6 Å². The molecule has 0 aliphatic carbocycles. The summed E-state index contributed by atoms with van der Waals surface area (Å²) in [6, 6.07) is 9.46. The average molecular weight is 291 g/mol. The van der Waals surface area contributed by atoms with E-state index in [1.165, 1.54) is 6.20 Å². The third-order valence-electron chi connectivity index (χ3n) is 2.46. The van der Waals surface area contributed by atoms with Gasteiger partial charge in [0.1, 0.15) is 11.4 Å². The van der Waals surface area contributed by atoms with Crippen LogP contribution in [0.1, 0.15) is 24.2 Å². The number of benzene rings is 1. The Bertz CT molecular complexity index is 601.